The summed E-state index contributed by atoms with van der Waals surface area (Å²) in [5.41, 5.74) is 6.00. The molecule has 13 heavy (non-hydrogen) atoms. The fraction of sp³-hybridized carbons (Fsp3) is 0.900. The minimum absolute atomic E-state index is 0.0511. The maximum Gasteiger partial charge on any atom is 0.309 e. The maximum atomic E-state index is 11.4. The molecular weight excluding hydrogens is 166 g/mol. The Labute approximate surface area is 78.6 Å². The summed E-state index contributed by atoms with van der Waals surface area (Å²) in [5.74, 6) is 1.10. The van der Waals surface area contributed by atoms with E-state index < -0.39 is 0 Å². The van der Waals surface area contributed by atoms with E-state index in [2.05, 4.69) is 0 Å². The van der Waals surface area contributed by atoms with E-state index in [9.17, 15) is 4.79 Å². The van der Waals surface area contributed by atoms with Crippen molar-refractivity contribution in [2.45, 2.75) is 31.7 Å². The number of nitrogens with two attached hydrogens (primary N) is 1. The molecule has 2 N–H and O–H groups in total. The standard InChI is InChI=1S/C10H17NO2/c1-13-10(12)8-4-6-2-3-7(8)9(11)5-6/h6-9H,2-5,11H2,1H3/t6-,7+,8+,9-/m0/s1. The predicted molar refractivity (Wildman–Crippen MR) is 48.9 cm³/mol. The minimum Gasteiger partial charge on any atom is -0.469 e. The van der Waals surface area contributed by atoms with Gasteiger partial charge in [-0.15, -0.1) is 0 Å². The minimum atomic E-state index is -0.0511. The van der Waals surface area contributed by atoms with Crippen LogP contribution in [0.3, 0.4) is 0 Å². The van der Waals surface area contributed by atoms with Gasteiger partial charge in [0, 0.05) is 6.04 Å². The second-order valence-electron chi connectivity index (χ2n) is 4.37. The van der Waals surface area contributed by atoms with Gasteiger partial charge in [-0.1, -0.05) is 6.42 Å². The van der Waals surface area contributed by atoms with Crippen molar-refractivity contribution in [1.82, 2.24) is 0 Å². The van der Waals surface area contributed by atoms with Crippen molar-refractivity contribution >= 4 is 5.97 Å². The highest BCUT2D eigenvalue weighted by Crippen LogP contribution is 2.44. The van der Waals surface area contributed by atoms with Crippen LogP contribution in [0.2, 0.25) is 0 Å². The summed E-state index contributed by atoms with van der Waals surface area (Å²) in [6, 6.07) is 0.233. The molecule has 2 bridgehead atoms. The molecule has 0 spiro atoms. The lowest BCUT2D eigenvalue weighted by Crippen LogP contribution is -2.48. The first-order valence-electron chi connectivity index (χ1n) is 5.05. The molecule has 0 amide bonds. The van der Waals surface area contributed by atoms with Gasteiger partial charge in [0.25, 0.3) is 0 Å². The van der Waals surface area contributed by atoms with Gasteiger partial charge in [0.2, 0.25) is 0 Å². The summed E-state index contributed by atoms with van der Waals surface area (Å²) in [6.45, 7) is 0. The third-order valence-corrected chi connectivity index (χ3v) is 3.67. The molecule has 4 atom stereocenters. The average Bonchev–Trinajstić information content (AvgIpc) is 2.17. The average molecular weight is 183 g/mol. The molecule has 3 saturated carbocycles. The van der Waals surface area contributed by atoms with Crippen LogP contribution in [0.5, 0.6) is 0 Å². The Morgan fingerprint density at radius 3 is 2.69 bits per heavy atom. The van der Waals surface area contributed by atoms with E-state index in [0.717, 1.165) is 19.3 Å². The van der Waals surface area contributed by atoms with Gasteiger partial charge in [0.05, 0.1) is 13.0 Å². The summed E-state index contributed by atoms with van der Waals surface area (Å²) in [5, 5.41) is 0. The molecule has 3 rings (SSSR count). The second-order valence-corrected chi connectivity index (χ2v) is 4.37. The molecule has 3 nitrogen and oxygen atoms in total. The van der Waals surface area contributed by atoms with Gasteiger partial charge >= 0.3 is 5.97 Å². The highest BCUT2D eigenvalue weighted by molar-refractivity contribution is 5.73. The summed E-state index contributed by atoms with van der Waals surface area (Å²) in [6.07, 6.45) is 4.49. The summed E-state index contributed by atoms with van der Waals surface area (Å²) < 4.78 is 4.80. The summed E-state index contributed by atoms with van der Waals surface area (Å²) in [7, 11) is 1.47. The van der Waals surface area contributed by atoms with Crippen molar-refractivity contribution < 1.29 is 9.53 Å². The molecule has 0 radical (unpaired) electrons. The Kier molecular flexibility index (Phi) is 2.28. The van der Waals surface area contributed by atoms with Crippen LogP contribution in [0.4, 0.5) is 0 Å². The molecule has 0 heterocycles. The fourth-order valence-electron chi connectivity index (χ4n) is 2.99. The Balaban J connectivity index is 2.10. The summed E-state index contributed by atoms with van der Waals surface area (Å²) in [4.78, 5) is 11.4. The van der Waals surface area contributed by atoms with Gasteiger partial charge < -0.3 is 10.5 Å². The molecule has 3 aliphatic rings. The van der Waals surface area contributed by atoms with Gasteiger partial charge in [-0.25, -0.2) is 0 Å². The number of ether oxygens (including phenoxy) is 1. The van der Waals surface area contributed by atoms with Crippen LogP contribution in [0, 0.1) is 17.8 Å². The van der Waals surface area contributed by atoms with Crippen LogP contribution in [0.15, 0.2) is 0 Å². The SMILES string of the molecule is COC(=O)[C@@H]1C[C@@H]2CC[C@H]1[C@@H](N)C2. The van der Waals surface area contributed by atoms with E-state index in [1.807, 2.05) is 0 Å². The highest BCUT2D eigenvalue weighted by atomic mass is 16.5. The molecule has 0 aromatic heterocycles. The molecule has 74 valence electrons. The number of hydrogen-bond acceptors (Lipinski definition) is 3. The van der Waals surface area contributed by atoms with Crippen LogP contribution in [0.1, 0.15) is 25.7 Å². The van der Waals surface area contributed by atoms with Gasteiger partial charge in [-0.3, -0.25) is 4.79 Å². The third kappa shape index (κ3) is 1.46. The third-order valence-electron chi connectivity index (χ3n) is 3.67. The summed E-state index contributed by atoms with van der Waals surface area (Å²) >= 11 is 0. The first kappa shape index (κ1) is 9.00. The van der Waals surface area contributed by atoms with E-state index in [4.69, 9.17) is 10.5 Å². The number of carbonyl (C=O) groups is 1. The van der Waals surface area contributed by atoms with Crippen molar-refractivity contribution in [1.29, 1.82) is 0 Å². The quantitative estimate of drug-likeness (QED) is 0.615. The van der Waals surface area contributed by atoms with Crippen LogP contribution >= 0.6 is 0 Å². The first-order valence-corrected chi connectivity index (χ1v) is 5.05. The van der Waals surface area contributed by atoms with E-state index in [0.29, 0.717) is 11.8 Å². The van der Waals surface area contributed by atoms with Crippen molar-refractivity contribution in [3.8, 4) is 0 Å². The Morgan fingerprint density at radius 1 is 1.38 bits per heavy atom. The van der Waals surface area contributed by atoms with Gasteiger partial charge in [0.15, 0.2) is 0 Å². The molecule has 0 aromatic carbocycles. The number of fused-ring (bicyclic) bond motifs is 3. The molecule has 3 aliphatic carbocycles. The lowest BCUT2D eigenvalue weighted by atomic mass is 9.62. The second kappa shape index (κ2) is 3.29. The number of carbonyl (C=O) groups excluding carboxylic acids is 1. The molecule has 0 unspecified atom stereocenters. The molecule has 3 fully saturated rings. The Morgan fingerprint density at radius 2 is 2.15 bits per heavy atom. The smallest absolute Gasteiger partial charge is 0.309 e. The zero-order valence-corrected chi connectivity index (χ0v) is 8.03. The van der Waals surface area contributed by atoms with Crippen LogP contribution in [-0.4, -0.2) is 19.1 Å². The molecule has 0 aliphatic heterocycles. The fourth-order valence-corrected chi connectivity index (χ4v) is 2.99. The van der Waals surface area contributed by atoms with E-state index in [1.54, 1.807) is 0 Å². The maximum absolute atomic E-state index is 11.4. The van der Waals surface area contributed by atoms with Gasteiger partial charge in [0.1, 0.15) is 0 Å². The van der Waals surface area contributed by atoms with Crippen molar-refractivity contribution in [3.63, 3.8) is 0 Å². The van der Waals surface area contributed by atoms with Crippen LogP contribution < -0.4 is 5.73 Å². The molecular formula is C10H17NO2. The number of methoxy groups -OCH3 is 1. The normalized spacial score (nSPS) is 43.2. The first-order chi connectivity index (χ1) is 6.22. The van der Waals surface area contributed by atoms with Gasteiger partial charge in [-0.05, 0) is 31.1 Å². The van der Waals surface area contributed by atoms with Crippen molar-refractivity contribution in [2.24, 2.45) is 23.5 Å². The molecule has 0 saturated heterocycles. The zero-order chi connectivity index (χ0) is 9.42. The van der Waals surface area contributed by atoms with Crippen LogP contribution in [0.25, 0.3) is 0 Å². The number of esters is 1. The lowest BCUT2D eigenvalue weighted by Gasteiger charge is -2.44. The Hall–Kier alpha value is -0.570. The zero-order valence-electron chi connectivity index (χ0n) is 8.03. The highest BCUT2D eigenvalue weighted by Gasteiger charge is 2.44. The number of rotatable bonds is 1. The van der Waals surface area contributed by atoms with E-state index in [-0.39, 0.29) is 17.9 Å². The topological polar surface area (TPSA) is 52.3 Å². The van der Waals surface area contributed by atoms with Crippen molar-refractivity contribution in [3.05, 3.63) is 0 Å². The molecule has 0 aromatic rings. The monoisotopic (exact) mass is 183 g/mol. The lowest BCUT2D eigenvalue weighted by molar-refractivity contribution is -0.151. The number of hydrogen-bond donors (Lipinski definition) is 1. The van der Waals surface area contributed by atoms with Crippen molar-refractivity contribution in [2.75, 3.05) is 7.11 Å². The van der Waals surface area contributed by atoms with Crippen LogP contribution in [-0.2, 0) is 9.53 Å². The van der Waals surface area contributed by atoms with Gasteiger partial charge in [-0.2, -0.15) is 0 Å². The van der Waals surface area contributed by atoms with E-state index >= 15 is 0 Å². The van der Waals surface area contributed by atoms with E-state index in [1.165, 1.54) is 13.5 Å². The Bertz CT molecular complexity index is 217. The molecule has 3 heteroatoms. The predicted octanol–water partition coefficient (Wildman–Crippen LogP) is 0.923. The largest absolute Gasteiger partial charge is 0.469 e.